The SMILES string of the molecule is CCOC(=O)[C@@]12CC=C(C)C[C@]1(C(=O)c1ccccc1)C(=O)C(=O)N2c1ccccc1. The molecule has 1 heterocycles. The van der Waals surface area contributed by atoms with Crippen LogP contribution in [0.1, 0.15) is 37.0 Å². The van der Waals surface area contributed by atoms with Gasteiger partial charge >= 0.3 is 5.97 Å². The summed E-state index contributed by atoms with van der Waals surface area (Å²) in [5, 5.41) is 0. The molecule has 2 atom stereocenters. The summed E-state index contributed by atoms with van der Waals surface area (Å²) in [5.74, 6) is -3.02. The number of carbonyl (C=O) groups is 4. The number of para-hydroxylation sites is 1. The normalized spacial score (nSPS) is 25.1. The van der Waals surface area contributed by atoms with E-state index in [1.807, 2.05) is 6.08 Å². The number of rotatable bonds is 5. The predicted octanol–water partition coefficient (Wildman–Crippen LogP) is 3.51. The van der Waals surface area contributed by atoms with Gasteiger partial charge in [0.1, 0.15) is 5.41 Å². The number of amides is 1. The Morgan fingerprint density at radius 2 is 1.61 bits per heavy atom. The minimum absolute atomic E-state index is 0.0165. The molecule has 6 heteroatoms. The fourth-order valence-corrected chi connectivity index (χ4v) is 4.86. The van der Waals surface area contributed by atoms with Gasteiger partial charge in [0.25, 0.3) is 5.91 Å². The van der Waals surface area contributed by atoms with E-state index in [0.29, 0.717) is 5.69 Å². The van der Waals surface area contributed by atoms with Crippen molar-refractivity contribution in [3.8, 4) is 0 Å². The van der Waals surface area contributed by atoms with E-state index in [-0.39, 0.29) is 25.0 Å². The van der Waals surface area contributed by atoms with Gasteiger partial charge in [-0.1, -0.05) is 60.2 Å². The first kappa shape index (κ1) is 20.7. The molecule has 2 aliphatic rings. The van der Waals surface area contributed by atoms with E-state index < -0.39 is 34.4 Å². The maximum atomic E-state index is 14.0. The Labute approximate surface area is 180 Å². The third-order valence-corrected chi connectivity index (χ3v) is 6.21. The first-order chi connectivity index (χ1) is 14.9. The van der Waals surface area contributed by atoms with Gasteiger partial charge in [0.05, 0.1) is 6.61 Å². The highest BCUT2D eigenvalue weighted by Crippen LogP contribution is 2.56. The van der Waals surface area contributed by atoms with Crippen molar-refractivity contribution >= 4 is 29.1 Å². The van der Waals surface area contributed by atoms with Gasteiger partial charge in [-0.3, -0.25) is 19.3 Å². The van der Waals surface area contributed by atoms with Crippen LogP contribution in [0.5, 0.6) is 0 Å². The first-order valence-corrected chi connectivity index (χ1v) is 10.3. The molecule has 1 aliphatic carbocycles. The molecular formula is C25H23NO5. The van der Waals surface area contributed by atoms with Gasteiger partial charge in [-0.25, -0.2) is 4.79 Å². The number of Topliss-reactive ketones (excluding diaryl/α,β-unsaturated/α-hetero) is 2. The van der Waals surface area contributed by atoms with Crippen molar-refractivity contribution in [3.63, 3.8) is 0 Å². The van der Waals surface area contributed by atoms with Crippen LogP contribution in [0.25, 0.3) is 0 Å². The Hall–Kier alpha value is -3.54. The number of ketones is 2. The number of hydrogen-bond donors (Lipinski definition) is 0. The van der Waals surface area contributed by atoms with Crippen molar-refractivity contribution in [2.24, 2.45) is 5.41 Å². The molecule has 158 valence electrons. The van der Waals surface area contributed by atoms with E-state index in [0.717, 1.165) is 5.57 Å². The van der Waals surface area contributed by atoms with E-state index in [4.69, 9.17) is 4.74 Å². The molecule has 2 aromatic rings. The van der Waals surface area contributed by atoms with E-state index in [9.17, 15) is 19.2 Å². The van der Waals surface area contributed by atoms with Gasteiger partial charge in [-0.15, -0.1) is 0 Å². The summed E-state index contributed by atoms with van der Waals surface area (Å²) in [7, 11) is 0. The number of carbonyl (C=O) groups excluding carboxylic acids is 4. The summed E-state index contributed by atoms with van der Waals surface area (Å²) in [5.41, 5.74) is -2.25. The largest absolute Gasteiger partial charge is 0.464 e. The smallest absolute Gasteiger partial charge is 0.334 e. The van der Waals surface area contributed by atoms with Crippen LogP contribution in [0.2, 0.25) is 0 Å². The van der Waals surface area contributed by atoms with Crippen LogP contribution < -0.4 is 4.90 Å². The third-order valence-electron chi connectivity index (χ3n) is 6.21. The molecule has 2 aromatic carbocycles. The number of ether oxygens (including phenoxy) is 1. The number of allylic oxidation sites excluding steroid dienone is 1. The quantitative estimate of drug-likeness (QED) is 0.245. The van der Waals surface area contributed by atoms with Gasteiger partial charge in [0.15, 0.2) is 11.3 Å². The lowest BCUT2D eigenvalue weighted by Gasteiger charge is -2.46. The van der Waals surface area contributed by atoms with Crippen molar-refractivity contribution in [2.75, 3.05) is 11.5 Å². The summed E-state index contributed by atoms with van der Waals surface area (Å²) in [4.78, 5) is 55.8. The summed E-state index contributed by atoms with van der Waals surface area (Å²) in [6.07, 6.45) is 1.81. The minimum atomic E-state index is -1.90. The van der Waals surface area contributed by atoms with Crippen LogP contribution in [0.15, 0.2) is 72.3 Å². The minimum Gasteiger partial charge on any atom is -0.464 e. The summed E-state index contributed by atoms with van der Waals surface area (Å²) >= 11 is 0. The Morgan fingerprint density at radius 3 is 2.23 bits per heavy atom. The highest BCUT2D eigenvalue weighted by atomic mass is 16.5. The molecule has 6 nitrogen and oxygen atoms in total. The average Bonchev–Trinajstić information content (AvgIpc) is 3.00. The second-order valence-corrected chi connectivity index (χ2v) is 7.92. The second-order valence-electron chi connectivity index (χ2n) is 7.92. The number of benzene rings is 2. The Balaban J connectivity index is 2.05. The van der Waals surface area contributed by atoms with Gasteiger partial charge < -0.3 is 4.74 Å². The molecular weight excluding hydrogens is 394 g/mol. The lowest BCUT2D eigenvalue weighted by atomic mass is 9.58. The number of nitrogens with zero attached hydrogens (tertiary/aromatic N) is 1. The molecule has 0 aromatic heterocycles. The fourth-order valence-electron chi connectivity index (χ4n) is 4.86. The zero-order chi connectivity index (χ0) is 22.2. The topological polar surface area (TPSA) is 80.8 Å². The molecule has 1 fully saturated rings. The Bertz CT molecular complexity index is 1090. The van der Waals surface area contributed by atoms with Crippen LogP contribution in [0.3, 0.4) is 0 Å². The first-order valence-electron chi connectivity index (χ1n) is 10.3. The van der Waals surface area contributed by atoms with Crippen LogP contribution >= 0.6 is 0 Å². The Kier molecular flexibility index (Phi) is 5.09. The molecule has 0 spiro atoms. The lowest BCUT2D eigenvalue weighted by molar-refractivity contribution is -0.155. The van der Waals surface area contributed by atoms with Crippen molar-refractivity contribution in [1.29, 1.82) is 0 Å². The summed E-state index contributed by atoms with van der Waals surface area (Å²) in [6, 6.07) is 16.9. The van der Waals surface area contributed by atoms with Crippen LogP contribution in [-0.4, -0.2) is 35.6 Å². The molecule has 0 radical (unpaired) electrons. The Morgan fingerprint density at radius 1 is 1.00 bits per heavy atom. The maximum absolute atomic E-state index is 14.0. The number of hydrogen-bond acceptors (Lipinski definition) is 5. The standard InChI is InChI=1S/C25H23NO5/c1-3-31-23(30)25-15-14-17(2)16-24(25,20(27)18-10-6-4-7-11-18)21(28)22(29)26(25)19-12-8-5-9-13-19/h4-14H,3,15-16H2,1-2H3/t24-,25-/m0/s1. The van der Waals surface area contributed by atoms with Gasteiger partial charge in [-0.2, -0.15) is 0 Å². The zero-order valence-corrected chi connectivity index (χ0v) is 17.5. The highest BCUT2D eigenvalue weighted by Gasteiger charge is 2.76. The van der Waals surface area contributed by atoms with Crippen molar-refractivity contribution in [3.05, 3.63) is 77.9 Å². The maximum Gasteiger partial charge on any atom is 0.334 e. The van der Waals surface area contributed by atoms with E-state index in [1.165, 1.54) is 4.90 Å². The molecule has 0 unspecified atom stereocenters. The van der Waals surface area contributed by atoms with Gasteiger partial charge in [0, 0.05) is 17.7 Å². The molecule has 0 N–H and O–H groups in total. The molecule has 0 saturated carbocycles. The van der Waals surface area contributed by atoms with Crippen molar-refractivity contribution in [1.82, 2.24) is 0 Å². The molecule has 31 heavy (non-hydrogen) atoms. The summed E-state index contributed by atoms with van der Waals surface area (Å²) < 4.78 is 5.41. The van der Waals surface area contributed by atoms with Gasteiger partial charge in [0.2, 0.25) is 5.78 Å². The number of esters is 1. The predicted molar refractivity (Wildman–Crippen MR) is 114 cm³/mol. The fraction of sp³-hybridized carbons (Fsp3) is 0.280. The average molecular weight is 417 g/mol. The second kappa shape index (κ2) is 7.61. The highest BCUT2D eigenvalue weighted by molar-refractivity contribution is 6.53. The summed E-state index contributed by atoms with van der Waals surface area (Å²) in [6.45, 7) is 3.52. The van der Waals surface area contributed by atoms with Crippen LogP contribution in [0, 0.1) is 5.41 Å². The van der Waals surface area contributed by atoms with Crippen molar-refractivity contribution in [2.45, 2.75) is 32.2 Å². The molecule has 1 amide bonds. The van der Waals surface area contributed by atoms with Crippen LogP contribution in [-0.2, 0) is 19.1 Å². The van der Waals surface area contributed by atoms with E-state index >= 15 is 0 Å². The molecule has 1 saturated heterocycles. The molecule has 1 aliphatic heterocycles. The van der Waals surface area contributed by atoms with E-state index in [1.54, 1.807) is 74.5 Å². The van der Waals surface area contributed by atoms with Crippen molar-refractivity contribution < 1.29 is 23.9 Å². The number of fused-ring (bicyclic) bond motifs is 1. The van der Waals surface area contributed by atoms with E-state index in [2.05, 4.69) is 0 Å². The number of anilines is 1. The monoisotopic (exact) mass is 417 g/mol. The lowest BCUT2D eigenvalue weighted by Crippen LogP contribution is -2.65. The molecule has 4 rings (SSSR count). The van der Waals surface area contributed by atoms with Crippen LogP contribution in [0.4, 0.5) is 5.69 Å². The van der Waals surface area contributed by atoms with Gasteiger partial charge in [-0.05, 0) is 32.4 Å². The third kappa shape index (κ3) is 2.78. The zero-order valence-electron chi connectivity index (χ0n) is 17.5. The molecule has 0 bridgehead atoms.